The van der Waals surface area contributed by atoms with Crippen LogP contribution >= 0.6 is 11.6 Å². The molecule has 0 spiro atoms. The molecule has 1 saturated carbocycles. The highest BCUT2D eigenvalue weighted by Crippen LogP contribution is 2.41. The zero-order valence-corrected chi connectivity index (χ0v) is 14.8. The first kappa shape index (κ1) is 14.5. The van der Waals surface area contributed by atoms with Gasteiger partial charge in [-0.1, -0.05) is 11.6 Å². The molecule has 1 atom stereocenters. The third kappa shape index (κ3) is 3.15. The molecule has 4 rings (SSSR count). The van der Waals surface area contributed by atoms with Crippen molar-refractivity contribution in [1.29, 1.82) is 0 Å². The summed E-state index contributed by atoms with van der Waals surface area (Å²) >= 11 is 5.66. The summed E-state index contributed by atoms with van der Waals surface area (Å²) in [6.07, 6.45) is -3.73. The maximum absolute atomic E-state index is 13.2. The van der Waals surface area contributed by atoms with E-state index < -0.39 is 70.9 Å². The van der Waals surface area contributed by atoms with E-state index in [1.54, 1.807) is 0 Å². The molecule has 3 aliphatic rings. The quantitative estimate of drug-likeness (QED) is 0.656. The van der Waals surface area contributed by atoms with Gasteiger partial charge in [-0.2, -0.15) is 13.2 Å². The molecule has 2 fully saturated rings. The van der Waals surface area contributed by atoms with Gasteiger partial charge in [0, 0.05) is 13.0 Å². The number of amides is 5. The average molecular weight is 421 g/mol. The highest BCUT2D eigenvalue weighted by molar-refractivity contribution is 6.31. The van der Waals surface area contributed by atoms with E-state index in [1.165, 1.54) is 0 Å². The van der Waals surface area contributed by atoms with E-state index >= 15 is 0 Å². The van der Waals surface area contributed by atoms with Gasteiger partial charge in [0.2, 0.25) is 0 Å². The first-order chi connectivity index (χ1) is 14.6. The first-order valence-electron chi connectivity index (χ1n) is 10.3. The monoisotopic (exact) mass is 420 g/mol. The molecule has 2 aliphatic heterocycles. The molecule has 1 saturated heterocycles. The summed E-state index contributed by atoms with van der Waals surface area (Å²) < 4.78 is 72.6. The maximum atomic E-state index is 13.2. The second kappa shape index (κ2) is 6.26. The summed E-state index contributed by atoms with van der Waals surface area (Å²) in [6, 6.07) is -1.03. The number of rotatable bonds is 3. The number of urea groups is 2. The molecule has 7 nitrogen and oxygen atoms in total. The third-order valence-corrected chi connectivity index (χ3v) is 5.15. The molecular formula is C17H16ClF3N4O3. The lowest BCUT2D eigenvalue weighted by atomic mass is 9.93. The number of fused-ring (bicyclic) bond motifs is 1. The van der Waals surface area contributed by atoms with Gasteiger partial charge in [0.25, 0.3) is 5.91 Å². The highest BCUT2D eigenvalue weighted by atomic mass is 35.5. The van der Waals surface area contributed by atoms with Gasteiger partial charge in [0.15, 0.2) is 0 Å². The van der Waals surface area contributed by atoms with Crippen molar-refractivity contribution in [2.24, 2.45) is 5.92 Å². The van der Waals surface area contributed by atoms with Crippen LogP contribution in [0.2, 0.25) is 5.02 Å². The summed E-state index contributed by atoms with van der Waals surface area (Å²) in [7, 11) is 0. The number of imide groups is 1. The highest BCUT2D eigenvalue weighted by Gasteiger charge is 2.56. The van der Waals surface area contributed by atoms with Crippen LogP contribution < -0.4 is 16.0 Å². The molecule has 2 heterocycles. The molecule has 5 amide bonds. The Balaban J connectivity index is 1.65. The van der Waals surface area contributed by atoms with Crippen molar-refractivity contribution >= 4 is 29.6 Å². The largest absolute Gasteiger partial charge is 0.417 e. The van der Waals surface area contributed by atoms with Crippen LogP contribution in [-0.2, 0) is 24.0 Å². The Morgan fingerprint density at radius 1 is 1.32 bits per heavy atom. The summed E-state index contributed by atoms with van der Waals surface area (Å²) in [5.41, 5.74) is -4.05. The van der Waals surface area contributed by atoms with Gasteiger partial charge in [0.1, 0.15) is 5.54 Å². The topological polar surface area (TPSA) is 90.5 Å². The molecule has 0 unspecified atom stereocenters. The minimum absolute atomic E-state index is 0.121. The fourth-order valence-corrected chi connectivity index (χ4v) is 3.55. The molecule has 11 heteroatoms. The normalized spacial score (nSPS) is 29.8. The molecule has 1 aliphatic carbocycles. The Morgan fingerprint density at radius 2 is 1.96 bits per heavy atom. The summed E-state index contributed by atoms with van der Waals surface area (Å²) in [6.45, 7) is -6.28. The van der Waals surface area contributed by atoms with Gasteiger partial charge in [0.05, 0.1) is 22.6 Å². The number of nitrogens with zero attached hydrogens (tertiary/aromatic N) is 1. The predicted molar refractivity (Wildman–Crippen MR) is 91.2 cm³/mol. The fraction of sp³-hybridized carbons (Fsp3) is 0.471. The molecule has 0 aromatic heterocycles. The second-order valence-corrected chi connectivity index (χ2v) is 7.15. The zero-order valence-electron chi connectivity index (χ0n) is 18.0. The van der Waals surface area contributed by atoms with Gasteiger partial charge in [-0.25, -0.2) is 9.59 Å². The van der Waals surface area contributed by atoms with Crippen LogP contribution in [0, 0.1) is 5.92 Å². The number of carbonyl (C=O) groups excluding carboxylic acids is 3. The summed E-state index contributed by atoms with van der Waals surface area (Å²) in [4.78, 5) is 36.9. The van der Waals surface area contributed by atoms with Gasteiger partial charge in [-0.05, 0) is 42.0 Å². The Kier molecular flexibility index (Phi) is 3.24. The minimum atomic E-state index is -4.92. The van der Waals surface area contributed by atoms with Crippen LogP contribution in [0.4, 0.5) is 22.8 Å². The molecule has 0 radical (unpaired) electrons. The van der Waals surface area contributed by atoms with Crippen LogP contribution in [0.25, 0.3) is 0 Å². The number of carbonyl (C=O) groups is 3. The lowest BCUT2D eigenvalue weighted by molar-refractivity contribution is -0.137. The Labute approximate surface area is 168 Å². The number of nitrogens with one attached hydrogen (secondary N) is 3. The Morgan fingerprint density at radius 3 is 2.50 bits per heavy atom. The van der Waals surface area contributed by atoms with E-state index in [2.05, 4.69) is 16.0 Å². The number of halogens is 4. The van der Waals surface area contributed by atoms with Crippen LogP contribution in [0.15, 0.2) is 12.1 Å². The number of hydrogen-bond donors (Lipinski definition) is 3. The van der Waals surface area contributed by atoms with Gasteiger partial charge in [-0.15, -0.1) is 0 Å². The van der Waals surface area contributed by atoms with Crippen molar-refractivity contribution in [3.05, 3.63) is 33.8 Å². The lowest BCUT2D eigenvalue weighted by Crippen LogP contribution is -2.58. The standard InChI is InChI=1S/C17H16ClF3N4O3/c18-12-4-9-6-25(5-8(9)3-11(12)17(19,20)21)15(28)22-7-16(10-1-2-10)13(26)23-14(27)24-16/h3-4,10H,1-2,5-7H2,(H,22,28)(H2,23,24,26,27)/t16-/m0/s1/i5D2,6D2. The van der Waals surface area contributed by atoms with E-state index in [0.717, 1.165) is 0 Å². The van der Waals surface area contributed by atoms with E-state index in [0.29, 0.717) is 25.0 Å². The van der Waals surface area contributed by atoms with Crippen LogP contribution in [0.3, 0.4) is 0 Å². The Bertz CT molecular complexity index is 1050. The maximum Gasteiger partial charge on any atom is 0.417 e. The number of alkyl halides is 3. The van der Waals surface area contributed by atoms with Crippen molar-refractivity contribution < 1.29 is 33.0 Å². The summed E-state index contributed by atoms with van der Waals surface area (Å²) in [5.74, 6) is -0.950. The van der Waals surface area contributed by atoms with E-state index in [1.807, 2.05) is 0 Å². The van der Waals surface area contributed by atoms with Crippen LogP contribution in [0.5, 0.6) is 0 Å². The SMILES string of the molecule is [2H]C1([2H])c2cc(Cl)c(C(F)(F)F)cc2C([2H])([2H])N1C(=O)NC[C@@]1(C2CC2)NC(=O)NC1=O. The van der Waals surface area contributed by atoms with Crippen molar-refractivity contribution in [3.63, 3.8) is 0 Å². The van der Waals surface area contributed by atoms with E-state index in [9.17, 15) is 27.6 Å². The van der Waals surface area contributed by atoms with Crippen LogP contribution in [0.1, 0.15) is 35.0 Å². The van der Waals surface area contributed by atoms with Gasteiger partial charge >= 0.3 is 18.2 Å². The van der Waals surface area contributed by atoms with Crippen molar-refractivity contribution in [1.82, 2.24) is 20.9 Å². The second-order valence-electron chi connectivity index (χ2n) is 6.75. The number of benzene rings is 1. The molecule has 0 bridgehead atoms. The molecule has 3 N–H and O–H groups in total. The minimum Gasteiger partial charge on any atom is -0.335 e. The van der Waals surface area contributed by atoms with Crippen molar-refractivity contribution in [3.8, 4) is 0 Å². The fourth-order valence-electron chi connectivity index (χ4n) is 3.28. The third-order valence-electron chi connectivity index (χ3n) is 4.84. The van der Waals surface area contributed by atoms with Crippen molar-refractivity contribution in [2.75, 3.05) is 6.54 Å². The molecular weight excluding hydrogens is 401 g/mol. The number of hydrogen-bond acceptors (Lipinski definition) is 3. The molecule has 150 valence electrons. The van der Waals surface area contributed by atoms with E-state index in [-0.39, 0.29) is 10.8 Å². The molecule has 1 aromatic carbocycles. The first-order valence-corrected chi connectivity index (χ1v) is 8.63. The van der Waals surface area contributed by atoms with Crippen LogP contribution in [-0.4, -0.2) is 35.0 Å². The van der Waals surface area contributed by atoms with Gasteiger partial charge in [-0.3, -0.25) is 10.1 Å². The smallest absolute Gasteiger partial charge is 0.335 e. The molecule has 1 aromatic rings. The van der Waals surface area contributed by atoms with E-state index in [4.69, 9.17) is 17.1 Å². The average Bonchev–Trinajstić information content (AvgIpc) is 3.41. The zero-order chi connectivity index (χ0) is 23.9. The Hall–Kier alpha value is -2.49. The molecule has 28 heavy (non-hydrogen) atoms. The summed E-state index contributed by atoms with van der Waals surface area (Å²) in [5, 5.41) is 5.95. The predicted octanol–water partition coefficient (Wildman–Crippen LogP) is 2.37. The van der Waals surface area contributed by atoms with Crippen molar-refractivity contribution in [2.45, 2.75) is 37.6 Å². The van der Waals surface area contributed by atoms with Gasteiger partial charge < -0.3 is 15.5 Å². The lowest BCUT2D eigenvalue weighted by Gasteiger charge is -2.27.